The van der Waals surface area contributed by atoms with Crippen molar-refractivity contribution in [1.82, 2.24) is 4.48 Å². The molecular formula is C57H41BN2O2. The van der Waals surface area contributed by atoms with Gasteiger partial charge in [-0.15, -0.1) is 0 Å². The standard InChI is InChI=1S/C57H41BN2O2/c1-4-5-16-33-27-28-45(40(29-33)34-17-7-6-8-18-34)59-46-32-50-41(36-20-10-13-25-48(36)61-50)30-44(46)58-54-47(59)31-42-35-19-9-12-24-43(35)57(2,3)53(42)52(54)39-23-15-22-38-51-37-21-11-14-26-49(37)62-56(51)60(58)55(38)39/h6-15,17-32H,4-5,16H2,1-3H3. The molecule has 0 amide bonds. The van der Waals surface area contributed by atoms with Crippen molar-refractivity contribution in [3.8, 4) is 33.4 Å². The maximum absolute atomic E-state index is 7.07. The lowest BCUT2D eigenvalue weighted by atomic mass is 9.44. The van der Waals surface area contributed by atoms with E-state index in [0.717, 1.165) is 69.3 Å². The van der Waals surface area contributed by atoms with E-state index in [4.69, 9.17) is 8.83 Å². The molecule has 3 aliphatic rings. The van der Waals surface area contributed by atoms with E-state index in [1.54, 1.807) is 0 Å². The Bertz CT molecular complexity index is 3730. The zero-order valence-corrected chi connectivity index (χ0v) is 34.9. The van der Waals surface area contributed by atoms with Gasteiger partial charge in [0.15, 0.2) is 5.71 Å². The van der Waals surface area contributed by atoms with Crippen LogP contribution in [-0.2, 0) is 11.8 Å². The van der Waals surface area contributed by atoms with E-state index in [1.165, 1.54) is 83.0 Å². The van der Waals surface area contributed by atoms with Crippen molar-refractivity contribution >= 4 is 89.7 Å². The number of para-hydroxylation sites is 3. The van der Waals surface area contributed by atoms with Gasteiger partial charge in [-0.25, -0.2) is 0 Å². The summed E-state index contributed by atoms with van der Waals surface area (Å²) in [7, 11) is 0. The van der Waals surface area contributed by atoms with Crippen molar-refractivity contribution < 1.29 is 8.83 Å². The van der Waals surface area contributed by atoms with Crippen LogP contribution < -0.4 is 15.8 Å². The average molecular weight is 797 g/mol. The summed E-state index contributed by atoms with van der Waals surface area (Å²) in [4.78, 5) is 2.59. The van der Waals surface area contributed by atoms with Crippen LogP contribution in [0.2, 0.25) is 0 Å². The zero-order chi connectivity index (χ0) is 41.0. The molecule has 8 aromatic carbocycles. The van der Waals surface area contributed by atoms with Crippen LogP contribution in [0.25, 0.3) is 88.3 Å². The number of anilines is 3. The van der Waals surface area contributed by atoms with Gasteiger partial charge in [0.05, 0.1) is 11.1 Å². The summed E-state index contributed by atoms with van der Waals surface area (Å²) in [5.74, 6) is 0. The van der Waals surface area contributed by atoms with E-state index in [0.29, 0.717) is 0 Å². The van der Waals surface area contributed by atoms with Gasteiger partial charge in [0.25, 0.3) is 0 Å². The third-order valence-corrected chi connectivity index (χ3v) is 14.5. The quantitative estimate of drug-likeness (QED) is 0.163. The molecule has 0 bridgehead atoms. The fraction of sp³-hybridized carbons (Fsp3) is 0.123. The lowest BCUT2D eigenvalue weighted by molar-refractivity contribution is 0.650. The fourth-order valence-electron chi connectivity index (χ4n) is 11.9. The molecule has 5 heterocycles. The summed E-state index contributed by atoms with van der Waals surface area (Å²) < 4.78 is 16.4. The number of furan rings is 2. The molecule has 0 N–H and O–H groups in total. The molecule has 0 radical (unpaired) electrons. The normalized spacial score (nSPS) is 14.3. The van der Waals surface area contributed by atoms with Gasteiger partial charge in [-0.3, -0.25) is 0 Å². The lowest BCUT2D eigenvalue weighted by Gasteiger charge is -2.42. The molecule has 11 aromatic rings. The van der Waals surface area contributed by atoms with Crippen molar-refractivity contribution in [1.29, 1.82) is 0 Å². The molecule has 0 fully saturated rings. The lowest BCUT2D eigenvalue weighted by Crippen LogP contribution is -2.57. The molecule has 294 valence electrons. The number of nitrogens with zero attached hydrogens (tertiary/aromatic N) is 2. The van der Waals surface area contributed by atoms with E-state index >= 15 is 0 Å². The highest BCUT2D eigenvalue weighted by Gasteiger charge is 2.49. The minimum absolute atomic E-state index is 0.186. The summed E-state index contributed by atoms with van der Waals surface area (Å²) in [6.45, 7) is 6.95. The smallest absolute Gasteiger partial charge is 0.336 e. The van der Waals surface area contributed by atoms with Gasteiger partial charge in [0.2, 0.25) is 0 Å². The Labute approximate surface area is 359 Å². The highest BCUT2D eigenvalue weighted by atomic mass is 16.3. The van der Waals surface area contributed by atoms with Crippen molar-refractivity contribution in [2.24, 2.45) is 0 Å². The molecule has 0 saturated carbocycles. The zero-order valence-electron chi connectivity index (χ0n) is 34.9. The first-order chi connectivity index (χ1) is 30.5. The van der Waals surface area contributed by atoms with Gasteiger partial charge >= 0.3 is 6.85 Å². The van der Waals surface area contributed by atoms with Crippen LogP contribution >= 0.6 is 0 Å². The number of rotatable bonds is 5. The summed E-state index contributed by atoms with van der Waals surface area (Å²) in [5, 5.41) is 5.81. The predicted octanol–water partition coefficient (Wildman–Crippen LogP) is 14.2. The third-order valence-electron chi connectivity index (χ3n) is 14.5. The summed E-state index contributed by atoms with van der Waals surface area (Å²) in [5.41, 5.74) is 22.4. The van der Waals surface area contributed by atoms with Crippen LogP contribution in [-0.4, -0.2) is 11.3 Å². The van der Waals surface area contributed by atoms with E-state index in [2.05, 4.69) is 188 Å². The number of aromatic nitrogens is 1. The Kier molecular flexibility index (Phi) is 6.78. The summed E-state index contributed by atoms with van der Waals surface area (Å²) in [6, 6.07) is 58.6. The molecule has 3 aromatic heterocycles. The number of fused-ring (bicyclic) bond motifs is 16. The Balaban J connectivity index is 1.19. The minimum Gasteiger partial charge on any atom is -0.456 e. The first-order valence-electron chi connectivity index (χ1n) is 22.2. The molecule has 62 heavy (non-hydrogen) atoms. The van der Waals surface area contributed by atoms with Gasteiger partial charge < -0.3 is 18.2 Å². The molecule has 1 aliphatic carbocycles. The second-order valence-corrected chi connectivity index (χ2v) is 18.2. The van der Waals surface area contributed by atoms with Crippen molar-refractivity contribution in [3.05, 3.63) is 174 Å². The first kappa shape index (κ1) is 34.5. The molecule has 0 spiro atoms. The SMILES string of the molecule is CCCCc1ccc(N2c3cc4oc5ccccc5c4cc3B3c4c2cc2c(c4-c4cccc5c6c7ccccc7oc6n3c45)C(C)(C)c3ccccc3-2)c(-c2ccccc2)c1. The molecule has 0 saturated heterocycles. The Hall–Kier alpha value is -7.24. The van der Waals surface area contributed by atoms with Crippen molar-refractivity contribution in [3.63, 3.8) is 0 Å². The van der Waals surface area contributed by atoms with Crippen LogP contribution in [0.1, 0.15) is 50.3 Å². The van der Waals surface area contributed by atoms with E-state index in [-0.39, 0.29) is 12.3 Å². The van der Waals surface area contributed by atoms with Crippen molar-refractivity contribution in [2.75, 3.05) is 4.90 Å². The molecule has 4 nitrogen and oxygen atoms in total. The first-order valence-corrected chi connectivity index (χ1v) is 22.2. The fourth-order valence-corrected chi connectivity index (χ4v) is 11.9. The van der Waals surface area contributed by atoms with Crippen LogP contribution in [0, 0.1) is 0 Å². The second-order valence-electron chi connectivity index (χ2n) is 18.2. The summed E-state index contributed by atoms with van der Waals surface area (Å²) in [6.07, 6.45) is 3.35. The number of hydrogen-bond acceptors (Lipinski definition) is 3. The molecule has 2 aliphatic heterocycles. The predicted molar refractivity (Wildman–Crippen MR) is 259 cm³/mol. The molecular weight excluding hydrogens is 755 g/mol. The van der Waals surface area contributed by atoms with Gasteiger partial charge in [0.1, 0.15) is 16.7 Å². The summed E-state index contributed by atoms with van der Waals surface area (Å²) >= 11 is 0. The van der Waals surface area contributed by atoms with Gasteiger partial charge in [-0.2, -0.15) is 0 Å². The second kappa shape index (κ2) is 12.2. The topological polar surface area (TPSA) is 34.5 Å². The van der Waals surface area contributed by atoms with Crippen LogP contribution in [0.3, 0.4) is 0 Å². The molecule has 5 heteroatoms. The molecule has 0 atom stereocenters. The van der Waals surface area contributed by atoms with Crippen LogP contribution in [0.15, 0.2) is 167 Å². The van der Waals surface area contributed by atoms with Crippen LogP contribution in [0.4, 0.5) is 17.1 Å². The Morgan fingerprint density at radius 3 is 2.16 bits per heavy atom. The van der Waals surface area contributed by atoms with Crippen LogP contribution in [0.5, 0.6) is 0 Å². The van der Waals surface area contributed by atoms with Gasteiger partial charge in [0, 0.05) is 61.0 Å². The van der Waals surface area contributed by atoms with E-state index < -0.39 is 0 Å². The Morgan fingerprint density at radius 2 is 1.31 bits per heavy atom. The number of aryl methyl sites for hydroxylation is 1. The third kappa shape index (κ3) is 4.33. The highest BCUT2D eigenvalue weighted by molar-refractivity contribution is 6.90. The average Bonchev–Trinajstić information content (AvgIpc) is 4.03. The highest BCUT2D eigenvalue weighted by Crippen LogP contribution is 2.58. The Morgan fingerprint density at radius 1 is 0.565 bits per heavy atom. The molecule has 0 unspecified atom stereocenters. The minimum atomic E-state index is -0.241. The molecule has 14 rings (SSSR count). The number of unbranched alkanes of at least 4 members (excludes halogenated alkanes) is 1. The van der Waals surface area contributed by atoms with E-state index in [9.17, 15) is 0 Å². The monoisotopic (exact) mass is 796 g/mol. The maximum Gasteiger partial charge on any atom is 0.336 e. The van der Waals surface area contributed by atoms with E-state index in [1.807, 2.05) is 0 Å². The van der Waals surface area contributed by atoms with Gasteiger partial charge in [-0.1, -0.05) is 149 Å². The van der Waals surface area contributed by atoms with Gasteiger partial charge in [-0.05, 0) is 93.0 Å². The largest absolute Gasteiger partial charge is 0.456 e. The number of hydrogen-bond donors (Lipinski definition) is 0. The van der Waals surface area contributed by atoms with Crippen molar-refractivity contribution in [2.45, 2.75) is 45.4 Å². The number of benzene rings is 8. The maximum atomic E-state index is 7.07.